The molecule has 0 bridgehead atoms. The van der Waals surface area contributed by atoms with Crippen LogP contribution in [0.15, 0.2) is 12.3 Å². The largest absolute Gasteiger partial charge is 0.363 e. The Morgan fingerprint density at radius 3 is 2.56 bits per heavy atom. The molecule has 0 amide bonds. The molecule has 0 aromatic carbocycles. The third kappa shape index (κ3) is 3.81. The summed E-state index contributed by atoms with van der Waals surface area (Å²) in [5.41, 5.74) is 2.48. The highest BCUT2D eigenvalue weighted by Crippen LogP contribution is 2.15. The molecule has 1 aromatic heterocycles. The van der Waals surface area contributed by atoms with E-state index in [0.29, 0.717) is 5.92 Å². The van der Waals surface area contributed by atoms with Crippen molar-refractivity contribution in [2.45, 2.75) is 27.3 Å². The van der Waals surface area contributed by atoms with Crippen LogP contribution >= 0.6 is 0 Å². The zero-order valence-corrected chi connectivity index (χ0v) is 11.0. The lowest BCUT2D eigenvalue weighted by Crippen LogP contribution is -2.19. The Labute approximate surface area is 98.9 Å². The van der Waals surface area contributed by atoms with Crippen LogP contribution in [0.1, 0.15) is 25.0 Å². The number of rotatable bonds is 5. The van der Waals surface area contributed by atoms with Gasteiger partial charge in [0.05, 0.1) is 0 Å². The molecule has 0 aliphatic heterocycles. The Balaban J connectivity index is 2.59. The molecule has 16 heavy (non-hydrogen) atoms. The van der Waals surface area contributed by atoms with E-state index in [-0.39, 0.29) is 0 Å². The molecular weight excluding hydrogens is 198 g/mol. The SMILES string of the molecule is Cc1cc(CNCC(C)C)cnc1N(C)C. The molecule has 1 rings (SSSR count). The van der Waals surface area contributed by atoms with E-state index < -0.39 is 0 Å². The molecule has 0 unspecified atom stereocenters. The highest BCUT2D eigenvalue weighted by atomic mass is 15.1. The molecule has 0 spiro atoms. The number of anilines is 1. The number of pyridine rings is 1. The predicted molar refractivity (Wildman–Crippen MR) is 69.8 cm³/mol. The summed E-state index contributed by atoms with van der Waals surface area (Å²) in [6.07, 6.45) is 1.95. The summed E-state index contributed by atoms with van der Waals surface area (Å²) in [5.74, 6) is 1.74. The zero-order valence-electron chi connectivity index (χ0n) is 11.0. The maximum atomic E-state index is 4.46. The fraction of sp³-hybridized carbons (Fsp3) is 0.615. The van der Waals surface area contributed by atoms with Gasteiger partial charge in [0.15, 0.2) is 0 Å². The number of aryl methyl sites for hydroxylation is 1. The topological polar surface area (TPSA) is 28.2 Å². The Hall–Kier alpha value is -1.09. The number of nitrogens with zero attached hydrogens (tertiary/aromatic N) is 2. The van der Waals surface area contributed by atoms with Gasteiger partial charge in [-0.2, -0.15) is 0 Å². The van der Waals surface area contributed by atoms with Crippen molar-refractivity contribution >= 4 is 5.82 Å². The second-order valence-corrected chi connectivity index (χ2v) is 4.90. The summed E-state index contributed by atoms with van der Waals surface area (Å²) in [6.45, 7) is 8.49. The Bertz CT molecular complexity index is 332. The van der Waals surface area contributed by atoms with Crippen LogP contribution in [0.3, 0.4) is 0 Å². The van der Waals surface area contributed by atoms with Gasteiger partial charge in [0.1, 0.15) is 5.82 Å². The second kappa shape index (κ2) is 5.85. The molecule has 1 heterocycles. The van der Waals surface area contributed by atoms with Crippen molar-refractivity contribution in [1.29, 1.82) is 0 Å². The molecule has 0 aliphatic carbocycles. The summed E-state index contributed by atoms with van der Waals surface area (Å²) >= 11 is 0. The van der Waals surface area contributed by atoms with Gasteiger partial charge >= 0.3 is 0 Å². The van der Waals surface area contributed by atoms with Gasteiger partial charge < -0.3 is 10.2 Å². The van der Waals surface area contributed by atoms with E-state index >= 15 is 0 Å². The Morgan fingerprint density at radius 2 is 2.06 bits per heavy atom. The highest BCUT2D eigenvalue weighted by Gasteiger charge is 2.03. The lowest BCUT2D eigenvalue weighted by atomic mass is 10.2. The fourth-order valence-electron chi connectivity index (χ4n) is 1.70. The molecule has 0 radical (unpaired) electrons. The van der Waals surface area contributed by atoms with Crippen LogP contribution in [-0.2, 0) is 6.54 Å². The monoisotopic (exact) mass is 221 g/mol. The number of hydrogen-bond donors (Lipinski definition) is 1. The zero-order chi connectivity index (χ0) is 12.1. The fourth-order valence-corrected chi connectivity index (χ4v) is 1.70. The first-order valence-electron chi connectivity index (χ1n) is 5.84. The van der Waals surface area contributed by atoms with Crippen molar-refractivity contribution in [3.05, 3.63) is 23.4 Å². The van der Waals surface area contributed by atoms with E-state index in [1.165, 1.54) is 11.1 Å². The molecule has 3 nitrogen and oxygen atoms in total. The van der Waals surface area contributed by atoms with Crippen molar-refractivity contribution in [2.24, 2.45) is 5.92 Å². The van der Waals surface area contributed by atoms with Crippen molar-refractivity contribution in [3.8, 4) is 0 Å². The van der Waals surface area contributed by atoms with Gasteiger partial charge in [0.25, 0.3) is 0 Å². The molecule has 90 valence electrons. The van der Waals surface area contributed by atoms with Crippen molar-refractivity contribution in [1.82, 2.24) is 10.3 Å². The van der Waals surface area contributed by atoms with E-state index in [2.05, 4.69) is 37.1 Å². The minimum atomic E-state index is 0.690. The van der Waals surface area contributed by atoms with Crippen LogP contribution in [0.5, 0.6) is 0 Å². The van der Waals surface area contributed by atoms with Gasteiger partial charge in [-0.1, -0.05) is 13.8 Å². The maximum absolute atomic E-state index is 4.46. The summed E-state index contributed by atoms with van der Waals surface area (Å²) < 4.78 is 0. The summed E-state index contributed by atoms with van der Waals surface area (Å²) in [6, 6.07) is 2.20. The molecule has 0 fully saturated rings. The van der Waals surface area contributed by atoms with Gasteiger partial charge in [-0.05, 0) is 36.6 Å². The minimum absolute atomic E-state index is 0.690. The third-order valence-electron chi connectivity index (χ3n) is 2.41. The lowest BCUT2D eigenvalue weighted by Gasteiger charge is -2.15. The lowest BCUT2D eigenvalue weighted by molar-refractivity contribution is 0.552. The van der Waals surface area contributed by atoms with E-state index in [1.54, 1.807) is 0 Å². The molecular formula is C13H23N3. The molecule has 0 atom stereocenters. The van der Waals surface area contributed by atoms with Gasteiger partial charge in [-0.3, -0.25) is 0 Å². The average molecular weight is 221 g/mol. The smallest absolute Gasteiger partial charge is 0.130 e. The molecule has 1 aromatic rings. The summed E-state index contributed by atoms with van der Waals surface area (Å²) in [7, 11) is 4.04. The van der Waals surface area contributed by atoms with Crippen LogP contribution in [0.4, 0.5) is 5.82 Å². The number of nitrogens with one attached hydrogen (secondary N) is 1. The molecule has 1 N–H and O–H groups in total. The van der Waals surface area contributed by atoms with Crippen LogP contribution in [0.25, 0.3) is 0 Å². The van der Waals surface area contributed by atoms with Crippen LogP contribution in [0, 0.1) is 12.8 Å². The summed E-state index contributed by atoms with van der Waals surface area (Å²) in [5, 5.41) is 3.42. The van der Waals surface area contributed by atoms with Crippen molar-refractivity contribution in [2.75, 3.05) is 25.5 Å². The molecule has 0 saturated heterocycles. The van der Waals surface area contributed by atoms with Crippen LogP contribution < -0.4 is 10.2 Å². The van der Waals surface area contributed by atoms with Crippen molar-refractivity contribution < 1.29 is 0 Å². The predicted octanol–water partition coefficient (Wildman–Crippen LogP) is 2.20. The highest BCUT2D eigenvalue weighted by molar-refractivity contribution is 5.45. The normalized spacial score (nSPS) is 10.9. The molecule has 0 aliphatic rings. The molecule has 3 heteroatoms. The molecule has 0 saturated carbocycles. The van der Waals surface area contributed by atoms with Gasteiger partial charge in [-0.25, -0.2) is 4.98 Å². The van der Waals surface area contributed by atoms with E-state index in [1.807, 2.05) is 25.2 Å². The average Bonchev–Trinajstić information content (AvgIpc) is 2.16. The Morgan fingerprint density at radius 1 is 1.38 bits per heavy atom. The summed E-state index contributed by atoms with van der Waals surface area (Å²) in [4.78, 5) is 6.50. The number of aromatic nitrogens is 1. The Kier molecular flexibility index (Phi) is 4.74. The van der Waals surface area contributed by atoms with Gasteiger partial charge in [-0.15, -0.1) is 0 Å². The van der Waals surface area contributed by atoms with Crippen molar-refractivity contribution in [3.63, 3.8) is 0 Å². The maximum Gasteiger partial charge on any atom is 0.130 e. The number of hydrogen-bond acceptors (Lipinski definition) is 3. The first-order chi connectivity index (χ1) is 7.50. The van der Waals surface area contributed by atoms with Crippen LogP contribution in [0.2, 0.25) is 0 Å². The standard InChI is InChI=1S/C13H23N3/c1-10(2)7-14-8-12-6-11(3)13(15-9-12)16(4)5/h6,9-10,14H,7-8H2,1-5H3. The van der Waals surface area contributed by atoms with E-state index in [9.17, 15) is 0 Å². The third-order valence-corrected chi connectivity index (χ3v) is 2.41. The van der Waals surface area contributed by atoms with E-state index in [0.717, 1.165) is 18.9 Å². The van der Waals surface area contributed by atoms with E-state index in [4.69, 9.17) is 0 Å². The quantitative estimate of drug-likeness (QED) is 0.826. The second-order valence-electron chi connectivity index (χ2n) is 4.90. The van der Waals surface area contributed by atoms with Crippen LogP contribution in [-0.4, -0.2) is 25.6 Å². The van der Waals surface area contributed by atoms with Gasteiger partial charge in [0.2, 0.25) is 0 Å². The van der Waals surface area contributed by atoms with Gasteiger partial charge in [0, 0.05) is 26.8 Å². The first kappa shape index (κ1) is 13.0. The first-order valence-corrected chi connectivity index (χ1v) is 5.84. The minimum Gasteiger partial charge on any atom is -0.363 e.